The Morgan fingerprint density at radius 1 is 0.537 bits per heavy atom. The highest BCUT2D eigenvalue weighted by atomic mass is 31.2. The van der Waals surface area contributed by atoms with Crippen molar-refractivity contribution in [3.05, 3.63) is 24.3 Å². The number of nitrogens with two attached hydrogens (primary N) is 1. The van der Waals surface area contributed by atoms with Gasteiger partial charge in [-0.1, -0.05) is 160 Å². The SMILES string of the molecule is CCCCCCC/C=C\CCCCCCCC(=O)OCC(COP(=O)(O)OCCN)OC(=O)CCCCCCCCCCC/C=C\CCCCCCCC. The average Bonchev–Trinajstić information content (AvgIpc) is 3.16. The van der Waals surface area contributed by atoms with Gasteiger partial charge in [0.2, 0.25) is 0 Å². The molecule has 318 valence electrons. The summed E-state index contributed by atoms with van der Waals surface area (Å²) in [5.74, 6) is -0.835. The molecule has 0 heterocycles. The molecule has 3 N–H and O–H groups in total. The molecule has 0 radical (unpaired) electrons. The van der Waals surface area contributed by atoms with Gasteiger partial charge in [0.15, 0.2) is 6.10 Å². The minimum Gasteiger partial charge on any atom is -0.462 e. The highest BCUT2D eigenvalue weighted by Gasteiger charge is 2.26. The number of rotatable bonds is 42. The predicted octanol–water partition coefficient (Wildman–Crippen LogP) is 12.8. The Morgan fingerprint density at radius 2 is 0.907 bits per heavy atom. The Hall–Kier alpha value is -1.51. The number of ether oxygens (including phenoxy) is 2. The summed E-state index contributed by atoms with van der Waals surface area (Å²) in [7, 11) is -4.38. The lowest BCUT2D eigenvalue weighted by Gasteiger charge is -2.19. The zero-order valence-corrected chi connectivity index (χ0v) is 35.9. The van der Waals surface area contributed by atoms with Crippen LogP contribution >= 0.6 is 7.82 Å². The first-order valence-electron chi connectivity index (χ1n) is 22.3. The summed E-state index contributed by atoms with van der Waals surface area (Å²) in [4.78, 5) is 34.9. The van der Waals surface area contributed by atoms with Gasteiger partial charge in [-0.3, -0.25) is 18.6 Å². The van der Waals surface area contributed by atoms with Crippen LogP contribution in [0.15, 0.2) is 24.3 Å². The quantitative estimate of drug-likeness (QED) is 0.0268. The second-order valence-electron chi connectivity index (χ2n) is 14.9. The smallest absolute Gasteiger partial charge is 0.462 e. The summed E-state index contributed by atoms with van der Waals surface area (Å²) in [5.41, 5.74) is 5.35. The lowest BCUT2D eigenvalue weighted by atomic mass is 10.1. The fraction of sp³-hybridized carbons (Fsp3) is 0.864. The molecule has 0 aliphatic carbocycles. The van der Waals surface area contributed by atoms with Crippen molar-refractivity contribution in [1.82, 2.24) is 0 Å². The van der Waals surface area contributed by atoms with E-state index in [-0.39, 0.29) is 38.6 Å². The van der Waals surface area contributed by atoms with Gasteiger partial charge in [0.05, 0.1) is 13.2 Å². The molecule has 10 heteroatoms. The van der Waals surface area contributed by atoms with Crippen LogP contribution in [0.4, 0.5) is 0 Å². The highest BCUT2D eigenvalue weighted by molar-refractivity contribution is 7.47. The van der Waals surface area contributed by atoms with Gasteiger partial charge in [0, 0.05) is 19.4 Å². The molecule has 0 aromatic rings. The normalized spacial score (nSPS) is 13.5. The zero-order valence-electron chi connectivity index (χ0n) is 35.0. The third kappa shape index (κ3) is 40.2. The number of unbranched alkanes of at least 4 members (excludes halogenated alkanes) is 25. The molecule has 0 aromatic carbocycles. The lowest BCUT2D eigenvalue weighted by Crippen LogP contribution is -2.29. The van der Waals surface area contributed by atoms with Crippen molar-refractivity contribution in [3.8, 4) is 0 Å². The van der Waals surface area contributed by atoms with Gasteiger partial charge in [0.1, 0.15) is 6.61 Å². The van der Waals surface area contributed by atoms with Crippen molar-refractivity contribution in [2.24, 2.45) is 5.73 Å². The van der Waals surface area contributed by atoms with E-state index < -0.39 is 26.5 Å². The van der Waals surface area contributed by atoms with Crippen LogP contribution in [0, 0.1) is 0 Å². The standard InChI is InChI=1S/C44H84NO8P/c1-3-5-7-9-11-13-15-17-19-20-21-22-23-25-27-29-31-33-35-37-44(47)53-42(41-52-54(48,49)51-39-38-45)40-50-43(46)36-34-32-30-28-26-24-18-16-14-12-10-8-6-4-2/h16-19,42H,3-15,20-41,45H2,1-2H3,(H,48,49)/b18-16-,19-17-. The predicted molar refractivity (Wildman–Crippen MR) is 224 cm³/mol. The van der Waals surface area contributed by atoms with Crippen molar-refractivity contribution >= 4 is 19.8 Å². The van der Waals surface area contributed by atoms with E-state index in [1.807, 2.05) is 0 Å². The van der Waals surface area contributed by atoms with Gasteiger partial charge in [-0.2, -0.15) is 0 Å². The van der Waals surface area contributed by atoms with E-state index in [1.54, 1.807) is 0 Å². The number of phosphoric acid groups is 1. The molecule has 2 atom stereocenters. The maximum atomic E-state index is 12.6. The maximum absolute atomic E-state index is 12.6. The molecule has 0 saturated carbocycles. The van der Waals surface area contributed by atoms with Crippen molar-refractivity contribution < 1.29 is 37.6 Å². The second-order valence-corrected chi connectivity index (χ2v) is 16.4. The van der Waals surface area contributed by atoms with Crippen LogP contribution in [0.1, 0.15) is 213 Å². The summed E-state index contributed by atoms with van der Waals surface area (Å²) < 4.78 is 32.8. The van der Waals surface area contributed by atoms with Gasteiger partial charge in [-0.15, -0.1) is 0 Å². The van der Waals surface area contributed by atoms with Gasteiger partial charge in [0.25, 0.3) is 0 Å². The Balaban J connectivity index is 4.12. The summed E-state index contributed by atoms with van der Waals surface area (Å²) >= 11 is 0. The first-order chi connectivity index (χ1) is 26.3. The Bertz CT molecular complexity index is 944. The van der Waals surface area contributed by atoms with Crippen molar-refractivity contribution in [2.75, 3.05) is 26.4 Å². The van der Waals surface area contributed by atoms with Crippen molar-refractivity contribution in [3.63, 3.8) is 0 Å². The van der Waals surface area contributed by atoms with E-state index in [2.05, 4.69) is 38.2 Å². The fourth-order valence-corrected chi connectivity index (χ4v) is 6.98. The summed E-state index contributed by atoms with van der Waals surface area (Å²) in [6, 6.07) is 0. The van der Waals surface area contributed by atoms with Gasteiger partial charge in [-0.05, 0) is 64.2 Å². The van der Waals surface area contributed by atoms with Gasteiger partial charge < -0.3 is 20.1 Å². The molecule has 0 rings (SSSR count). The van der Waals surface area contributed by atoms with Crippen LogP contribution in [0.3, 0.4) is 0 Å². The third-order valence-electron chi connectivity index (χ3n) is 9.56. The summed E-state index contributed by atoms with van der Waals surface area (Å²) in [6.45, 7) is 3.72. The first kappa shape index (κ1) is 52.5. The number of esters is 2. The largest absolute Gasteiger partial charge is 0.472 e. The summed E-state index contributed by atoms with van der Waals surface area (Å²) in [5, 5.41) is 0. The monoisotopic (exact) mass is 786 g/mol. The van der Waals surface area contributed by atoms with E-state index >= 15 is 0 Å². The molecule has 0 bridgehead atoms. The lowest BCUT2D eigenvalue weighted by molar-refractivity contribution is -0.161. The topological polar surface area (TPSA) is 134 Å². The number of hydrogen-bond acceptors (Lipinski definition) is 8. The van der Waals surface area contributed by atoms with Crippen molar-refractivity contribution in [2.45, 2.75) is 219 Å². The molecule has 54 heavy (non-hydrogen) atoms. The number of allylic oxidation sites excluding steroid dienone is 4. The molecule has 9 nitrogen and oxygen atoms in total. The van der Waals surface area contributed by atoms with Crippen LogP contribution in [0.5, 0.6) is 0 Å². The Morgan fingerprint density at radius 3 is 1.31 bits per heavy atom. The van der Waals surface area contributed by atoms with Crippen LogP contribution in [0.2, 0.25) is 0 Å². The van der Waals surface area contributed by atoms with E-state index in [9.17, 15) is 19.0 Å². The van der Waals surface area contributed by atoms with E-state index in [0.29, 0.717) is 6.42 Å². The van der Waals surface area contributed by atoms with E-state index in [1.165, 1.54) is 122 Å². The number of carbonyl (C=O) groups excluding carboxylic acids is 2. The number of hydrogen-bond donors (Lipinski definition) is 2. The fourth-order valence-electron chi connectivity index (χ4n) is 6.21. The molecule has 0 spiro atoms. The molecular weight excluding hydrogens is 701 g/mol. The average molecular weight is 786 g/mol. The van der Waals surface area contributed by atoms with E-state index in [4.69, 9.17) is 24.3 Å². The molecule has 2 unspecified atom stereocenters. The Labute approximate surface area is 332 Å². The zero-order chi connectivity index (χ0) is 39.6. The van der Waals surface area contributed by atoms with E-state index in [0.717, 1.165) is 57.8 Å². The minimum absolute atomic E-state index is 0.0531. The Kier molecular flexibility index (Phi) is 40.0. The molecule has 0 aromatic heterocycles. The number of carbonyl (C=O) groups is 2. The van der Waals surface area contributed by atoms with Gasteiger partial charge >= 0.3 is 19.8 Å². The summed E-state index contributed by atoms with van der Waals surface area (Å²) in [6.07, 6.45) is 43.5. The van der Waals surface area contributed by atoms with Gasteiger partial charge in [-0.25, -0.2) is 4.57 Å². The highest BCUT2D eigenvalue weighted by Crippen LogP contribution is 2.43. The second kappa shape index (κ2) is 41.1. The first-order valence-corrected chi connectivity index (χ1v) is 23.8. The number of phosphoric ester groups is 1. The molecule has 0 aliphatic heterocycles. The third-order valence-corrected chi connectivity index (χ3v) is 10.5. The maximum Gasteiger partial charge on any atom is 0.472 e. The van der Waals surface area contributed by atoms with Crippen LogP contribution in [-0.4, -0.2) is 49.3 Å². The molecule has 0 saturated heterocycles. The van der Waals surface area contributed by atoms with Crippen LogP contribution in [0.25, 0.3) is 0 Å². The molecular formula is C44H84NO8P. The van der Waals surface area contributed by atoms with Crippen LogP contribution < -0.4 is 5.73 Å². The van der Waals surface area contributed by atoms with Crippen LogP contribution in [-0.2, 0) is 32.7 Å². The molecule has 0 aliphatic rings. The minimum atomic E-state index is -4.38. The molecule has 0 amide bonds. The van der Waals surface area contributed by atoms with Crippen molar-refractivity contribution in [1.29, 1.82) is 0 Å². The molecule has 0 fully saturated rings.